The first-order chi connectivity index (χ1) is 12.7. The third-order valence-corrected chi connectivity index (χ3v) is 3.57. The average molecular weight is 357 g/mol. The van der Waals surface area contributed by atoms with Crippen molar-refractivity contribution in [2.45, 2.75) is 13.0 Å². The van der Waals surface area contributed by atoms with Crippen LogP contribution in [0.5, 0.6) is 17.2 Å². The zero-order chi connectivity index (χ0) is 18.4. The molecule has 1 N–H and O–H groups in total. The van der Waals surface area contributed by atoms with E-state index in [0.717, 1.165) is 0 Å². The third-order valence-electron chi connectivity index (χ3n) is 3.57. The molecular formula is C19H19NO6. The minimum Gasteiger partial charge on any atom is -0.494 e. The highest BCUT2D eigenvalue weighted by molar-refractivity contribution is 5.93. The van der Waals surface area contributed by atoms with Gasteiger partial charge in [-0.15, -0.1) is 0 Å². The molecule has 26 heavy (non-hydrogen) atoms. The first kappa shape index (κ1) is 17.6. The Morgan fingerprint density at radius 3 is 2.58 bits per heavy atom. The number of carbonyl (C=O) groups is 2. The highest BCUT2D eigenvalue weighted by Crippen LogP contribution is 2.31. The van der Waals surface area contributed by atoms with Crippen molar-refractivity contribution in [3.63, 3.8) is 0 Å². The topological polar surface area (TPSA) is 83.1 Å². The van der Waals surface area contributed by atoms with E-state index in [1.165, 1.54) is 0 Å². The van der Waals surface area contributed by atoms with Gasteiger partial charge in [-0.1, -0.05) is 12.1 Å². The van der Waals surface area contributed by atoms with Crippen molar-refractivity contribution in [3.05, 3.63) is 48.5 Å². The van der Waals surface area contributed by atoms with Gasteiger partial charge in [-0.3, -0.25) is 4.79 Å². The van der Waals surface area contributed by atoms with Gasteiger partial charge in [0.15, 0.2) is 18.1 Å². The van der Waals surface area contributed by atoms with E-state index in [4.69, 9.17) is 18.9 Å². The Morgan fingerprint density at radius 1 is 1.12 bits per heavy atom. The van der Waals surface area contributed by atoms with Crippen LogP contribution in [0.25, 0.3) is 0 Å². The zero-order valence-electron chi connectivity index (χ0n) is 14.3. The summed E-state index contributed by atoms with van der Waals surface area (Å²) in [4.78, 5) is 24.0. The number of rotatable bonds is 6. The summed E-state index contributed by atoms with van der Waals surface area (Å²) in [6, 6.07) is 14.0. The lowest BCUT2D eigenvalue weighted by atomic mass is 10.2. The number of anilines is 1. The lowest BCUT2D eigenvalue weighted by molar-refractivity contribution is -0.156. The molecule has 0 fully saturated rings. The van der Waals surface area contributed by atoms with E-state index in [2.05, 4.69) is 5.32 Å². The van der Waals surface area contributed by atoms with E-state index >= 15 is 0 Å². The number of esters is 1. The molecular weight excluding hydrogens is 338 g/mol. The molecule has 7 nitrogen and oxygen atoms in total. The summed E-state index contributed by atoms with van der Waals surface area (Å²) in [6.07, 6.45) is -0.900. The Kier molecular flexibility index (Phi) is 5.58. The van der Waals surface area contributed by atoms with E-state index in [9.17, 15) is 9.59 Å². The molecule has 0 bridgehead atoms. The third kappa shape index (κ3) is 4.44. The minimum atomic E-state index is -0.900. The van der Waals surface area contributed by atoms with Gasteiger partial charge in [-0.05, 0) is 43.3 Å². The van der Waals surface area contributed by atoms with Gasteiger partial charge in [-0.25, -0.2) is 4.79 Å². The number of hydrogen-bond donors (Lipinski definition) is 1. The second kappa shape index (κ2) is 8.24. The Labute approximate surface area is 150 Å². The molecule has 0 saturated heterocycles. The molecule has 1 amide bonds. The maximum absolute atomic E-state index is 12.1. The fraction of sp³-hybridized carbons (Fsp3) is 0.263. The van der Waals surface area contributed by atoms with Crippen molar-refractivity contribution in [2.24, 2.45) is 0 Å². The van der Waals surface area contributed by atoms with Gasteiger partial charge < -0.3 is 24.3 Å². The van der Waals surface area contributed by atoms with Crippen molar-refractivity contribution in [1.82, 2.24) is 0 Å². The number of carbonyl (C=O) groups excluding carboxylic acids is 2. The fourth-order valence-corrected chi connectivity index (χ4v) is 2.36. The SMILES string of the molecule is CCOc1ccc(NC(=O)COC(=O)[C@@H]2COc3ccccc3O2)cc1. The van der Waals surface area contributed by atoms with Crippen LogP contribution in [-0.2, 0) is 14.3 Å². The molecule has 0 unspecified atom stereocenters. The molecule has 0 radical (unpaired) electrons. The fourth-order valence-electron chi connectivity index (χ4n) is 2.36. The van der Waals surface area contributed by atoms with E-state index in [0.29, 0.717) is 29.5 Å². The summed E-state index contributed by atoms with van der Waals surface area (Å²) in [5.74, 6) is 0.664. The van der Waals surface area contributed by atoms with Crippen molar-refractivity contribution in [1.29, 1.82) is 0 Å². The molecule has 1 atom stereocenters. The Balaban J connectivity index is 1.46. The largest absolute Gasteiger partial charge is 0.494 e. The Hall–Kier alpha value is -3.22. The van der Waals surface area contributed by atoms with Gasteiger partial charge in [0.05, 0.1) is 6.61 Å². The quantitative estimate of drug-likeness (QED) is 0.800. The average Bonchev–Trinajstić information content (AvgIpc) is 2.67. The van der Waals surface area contributed by atoms with Gasteiger partial charge in [-0.2, -0.15) is 0 Å². The normalized spacial score (nSPS) is 15.0. The van der Waals surface area contributed by atoms with Gasteiger partial charge in [0, 0.05) is 5.69 Å². The van der Waals surface area contributed by atoms with E-state index < -0.39 is 24.6 Å². The molecule has 0 saturated carbocycles. The maximum Gasteiger partial charge on any atom is 0.351 e. The highest BCUT2D eigenvalue weighted by atomic mass is 16.6. The summed E-state index contributed by atoms with van der Waals surface area (Å²) < 4.78 is 21.3. The Morgan fingerprint density at radius 2 is 1.85 bits per heavy atom. The summed E-state index contributed by atoms with van der Waals surface area (Å²) in [5, 5.41) is 2.64. The lowest BCUT2D eigenvalue weighted by Crippen LogP contribution is -2.39. The number of ether oxygens (including phenoxy) is 4. The molecule has 0 aromatic heterocycles. The molecule has 2 aromatic carbocycles. The number of para-hydroxylation sites is 2. The van der Waals surface area contributed by atoms with Crippen LogP contribution in [-0.4, -0.2) is 37.8 Å². The van der Waals surface area contributed by atoms with Crippen LogP contribution >= 0.6 is 0 Å². The van der Waals surface area contributed by atoms with Crippen LogP contribution in [0.15, 0.2) is 48.5 Å². The molecule has 7 heteroatoms. The standard InChI is InChI=1S/C19H19NO6/c1-2-23-14-9-7-13(8-10-14)20-18(21)12-25-19(22)17-11-24-15-5-3-4-6-16(15)26-17/h3-10,17H,2,11-12H2,1H3,(H,20,21)/t17-/m0/s1. The van der Waals surface area contributed by atoms with Gasteiger partial charge in [0.2, 0.25) is 6.10 Å². The molecule has 1 aliphatic heterocycles. The molecule has 3 rings (SSSR count). The first-order valence-electron chi connectivity index (χ1n) is 8.23. The van der Waals surface area contributed by atoms with Crippen LogP contribution in [0.1, 0.15) is 6.92 Å². The molecule has 1 heterocycles. The van der Waals surface area contributed by atoms with E-state index in [1.807, 2.05) is 13.0 Å². The summed E-state index contributed by atoms with van der Waals surface area (Å²) in [7, 11) is 0. The first-order valence-corrected chi connectivity index (χ1v) is 8.23. The smallest absolute Gasteiger partial charge is 0.351 e. The molecule has 1 aliphatic rings. The number of amides is 1. The van der Waals surface area contributed by atoms with Crippen molar-refractivity contribution < 1.29 is 28.5 Å². The number of fused-ring (bicyclic) bond motifs is 1. The van der Waals surface area contributed by atoms with Crippen molar-refractivity contribution in [3.8, 4) is 17.2 Å². The van der Waals surface area contributed by atoms with Crippen LogP contribution in [0.2, 0.25) is 0 Å². The molecule has 2 aromatic rings. The lowest BCUT2D eigenvalue weighted by Gasteiger charge is -2.24. The number of hydrogen-bond acceptors (Lipinski definition) is 6. The number of nitrogens with one attached hydrogen (secondary N) is 1. The van der Waals surface area contributed by atoms with Gasteiger partial charge in [0.1, 0.15) is 12.4 Å². The Bertz CT molecular complexity index is 774. The zero-order valence-corrected chi connectivity index (χ0v) is 14.3. The minimum absolute atomic E-state index is 0.0381. The second-order valence-electron chi connectivity index (χ2n) is 5.48. The van der Waals surface area contributed by atoms with E-state index in [-0.39, 0.29) is 6.61 Å². The van der Waals surface area contributed by atoms with Crippen LogP contribution in [0, 0.1) is 0 Å². The van der Waals surface area contributed by atoms with Crippen LogP contribution in [0.3, 0.4) is 0 Å². The van der Waals surface area contributed by atoms with E-state index in [1.54, 1.807) is 42.5 Å². The molecule has 136 valence electrons. The van der Waals surface area contributed by atoms with Gasteiger partial charge >= 0.3 is 5.97 Å². The molecule has 0 aliphatic carbocycles. The summed E-state index contributed by atoms with van der Waals surface area (Å²) in [6.45, 7) is 2.09. The highest BCUT2D eigenvalue weighted by Gasteiger charge is 2.29. The van der Waals surface area contributed by atoms with Gasteiger partial charge in [0.25, 0.3) is 5.91 Å². The predicted octanol–water partition coefficient (Wildman–Crippen LogP) is 2.41. The van der Waals surface area contributed by atoms with Crippen LogP contribution in [0.4, 0.5) is 5.69 Å². The second-order valence-corrected chi connectivity index (χ2v) is 5.48. The monoisotopic (exact) mass is 357 g/mol. The molecule has 0 spiro atoms. The van der Waals surface area contributed by atoms with Crippen LogP contribution < -0.4 is 19.5 Å². The maximum atomic E-state index is 12.1. The summed E-state index contributed by atoms with van der Waals surface area (Å²) >= 11 is 0. The summed E-state index contributed by atoms with van der Waals surface area (Å²) in [5.41, 5.74) is 0.584. The predicted molar refractivity (Wildman–Crippen MR) is 93.6 cm³/mol. The van der Waals surface area contributed by atoms with Crippen molar-refractivity contribution >= 4 is 17.6 Å². The number of benzene rings is 2. The van der Waals surface area contributed by atoms with Crippen molar-refractivity contribution in [2.75, 3.05) is 25.1 Å².